The van der Waals surface area contributed by atoms with E-state index in [2.05, 4.69) is 20.9 Å². The lowest BCUT2D eigenvalue weighted by Gasteiger charge is -2.14. The molecule has 1 aromatic heterocycles. The lowest BCUT2D eigenvalue weighted by molar-refractivity contribution is 0.279. The van der Waals surface area contributed by atoms with Crippen LogP contribution in [0.25, 0.3) is 0 Å². The Balaban J connectivity index is 2.37. The number of nitrogens with zero attached hydrogens (tertiary/aromatic N) is 1. The summed E-state index contributed by atoms with van der Waals surface area (Å²) in [5, 5.41) is 9.47. The van der Waals surface area contributed by atoms with Gasteiger partial charge in [0.05, 0.1) is 12.3 Å². The lowest BCUT2D eigenvalue weighted by Crippen LogP contribution is -2.07. The van der Waals surface area contributed by atoms with E-state index in [1.807, 2.05) is 42.5 Å². The molecule has 0 spiro atoms. The molecule has 1 aromatic carbocycles. The van der Waals surface area contributed by atoms with Crippen LogP contribution < -0.4 is 0 Å². The zero-order valence-electron chi connectivity index (χ0n) is 8.68. The number of hydrogen-bond donors (Lipinski definition) is 1. The van der Waals surface area contributed by atoms with Gasteiger partial charge >= 0.3 is 0 Å². The van der Waals surface area contributed by atoms with Crippen molar-refractivity contribution in [2.75, 3.05) is 6.61 Å². The van der Waals surface area contributed by atoms with Gasteiger partial charge in [-0.15, -0.1) is 0 Å². The highest BCUT2D eigenvalue weighted by molar-refractivity contribution is 9.10. The van der Waals surface area contributed by atoms with Gasteiger partial charge in [0.2, 0.25) is 0 Å². The molecule has 1 heterocycles. The normalized spacial score (nSPS) is 12.4. The molecule has 1 N–H and O–H groups in total. The maximum atomic E-state index is 9.47. The summed E-state index contributed by atoms with van der Waals surface area (Å²) in [7, 11) is 0. The highest BCUT2D eigenvalue weighted by Gasteiger charge is 2.13. The Bertz CT molecular complexity index is 458. The Morgan fingerprint density at radius 3 is 2.69 bits per heavy atom. The second kappa shape index (κ2) is 5.23. The van der Waals surface area contributed by atoms with E-state index >= 15 is 0 Å². The molecule has 0 fully saturated rings. The first kappa shape index (κ1) is 11.3. The summed E-state index contributed by atoms with van der Waals surface area (Å²) in [5.41, 5.74) is 1.96. The molecule has 82 valence electrons. The fourth-order valence-electron chi connectivity index (χ4n) is 1.68. The molecular weight excluding hydrogens is 266 g/mol. The first-order chi connectivity index (χ1) is 7.81. The minimum atomic E-state index is -0.0568. The van der Waals surface area contributed by atoms with Crippen LogP contribution in [0.4, 0.5) is 0 Å². The summed E-state index contributed by atoms with van der Waals surface area (Å²) in [6, 6.07) is 13.7. The van der Waals surface area contributed by atoms with E-state index in [-0.39, 0.29) is 12.5 Å². The van der Waals surface area contributed by atoms with Crippen molar-refractivity contribution in [2.24, 2.45) is 0 Å². The first-order valence-electron chi connectivity index (χ1n) is 5.08. The number of aromatic nitrogens is 1. The summed E-state index contributed by atoms with van der Waals surface area (Å²) >= 11 is 3.43. The van der Waals surface area contributed by atoms with Crippen LogP contribution in [0.1, 0.15) is 17.2 Å². The molecule has 0 bridgehead atoms. The lowest BCUT2D eigenvalue weighted by atomic mass is 9.96. The molecule has 0 amide bonds. The summed E-state index contributed by atoms with van der Waals surface area (Å²) < 4.78 is 1.01. The van der Waals surface area contributed by atoms with Gasteiger partial charge in [0.1, 0.15) is 0 Å². The average Bonchev–Trinajstić information content (AvgIpc) is 2.31. The largest absolute Gasteiger partial charge is 0.395 e. The topological polar surface area (TPSA) is 33.1 Å². The molecule has 3 heteroatoms. The van der Waals surface area contributed by atoms with Gasteiger partial charge in [-0.2, -0.15) is 0 Å². The van der Waals surface area contributed by atoms with Crippen molar-refractivity contribution in [3.8, 4) is 0 Å². The van der Waals surface area contributed by atoms with Crippen LogP contribution in [0.15, 0.2) is 53.1 Å². The summed E-state index contributed by atoms with van der Waals surface area (Å²) in [6.45, 7) is 0.0630. The van der Waals surface area contributed by atoms with Crippen LogP contribution in [0.2, 0.25) is 0 Å². The number of pyridine rings is 1. The molecule has 1 atom stereocenters. The Hall–Kier alpha value is -1.19. The van der Waals surface area contributed by atoms with Crippen molar-refractivity contribution in [1.82, 2.24) is 4.98 Å². The van der Waals surface area contributed by atoms with Crippen molar-refractivity contribution >= 4 is 15.9 Å². The van der Waals surface area contributed by atoms with Crippen LogP contribution in [-0.2, 0) is 0 Å². The Labute approximate surface area is 103 Å². The van der Waals surface area contributed by atoms with Gasteiger partial charge in [0.25, 0.3) is 0 Å². The standard InChI is InChI=1S/C13H12BrNO/c14-11-5-3-4-10(8-11)12(9-16)13-6-1-2-7-15-13/h1-8,12,16H,9H2. The molecule has 2 aromatic rings. The maximum absolute atomic E-state index is 9.47. The molecule has 2 nitrogen and oxygen atoms in total. The number of aliphatic hydroxyl groups excluding tert-OH is 1. The third-order valence-corrected chi connectivity index (χ3v) is 2.97. The zero-order valence-corrected chi connectivity index (χ0v) is 10.3. The quantitative estimate of drug-likeness (QED) is 0.936. The van der Waals surface area contributed by atoms with Gasteiger partial charge in [0.15, 0.2) is 0 Å². The fourth-order valence-corrected chi connectivity index (χ4v) is 2.09. The summed E-state index contributed by atoms with van der Waals surface area (Å²) in [5.74, 6) is -0.0568. The van der Waals surface area contributed by atoms with Crippen molar-refractivity contribution in [2.45, 2.75) is 5.92 Å². The average molecular weight is 278 g/mol. The zero-order chi connectivity index (χ0) is 11.4. The highest BCUT2D eigenvalue weighted by Crippen LogP contribution is 2.24. The molecule has 16 heavy (non-hydrogen) atoms. The summed E-state index contributed by atoms with van der Waals surface area (Å²) in [6.07, 6.45) is 1.75. The smallest absolute Gasteiger partial charge is 0.0555 e. The molecule has 0 aliphatic heterocycles. The SMILES string of the molecule is OCC(c1cccc(Br)c1)c1ccccn1. The van der Waals surface area contributed by atoms with Gasteiger partial charge in [0, 0.05) is 16.6 Å². The van der Waals surface area contributed by atoms with Crippen LogP contribution in [0.5, 0.6) is 0 Å². The van der Waals surface area contributed by atoms with E-state index in [1.54, 1.807) is 6.20 Å². The van der Waals surface area contributed by atoms with E-state index in [0.717, 1.165) is 15.7 Å². The first-order valence-corrected chi connectivity index (χ1v) is 5.88. The monoisotopic (exact) mass is 277 g/mol. The number of hydrogen-bond acceptors (Lipinski definition) is 2. The van der Waals surface area contributed by atoms with Gasteiger partial charge in [-0.1, -0.05) is 34.1 Å². The van der Waals surface area contributed by atoms with E-state index < -0.39 is 0 Å². The van der Waals surface area contributed by atoms with Crippen LogP contribution in [-0.4, -0.2) is 16.7 Å². The van der Waals surface area contributed by atoms with Crippen molar-refractivity contribution < 1.29 is 5.11 Å². The van der Waals surface area contributed by atoms with Gasteiger partial charge in [-0.25, -0.2) is 0 Å². The predicted octanol–water partition coefficient (Wildman–Crippen LogP) is 2.97. The molecular formula is C13H12BrNO. The molecule has 0 aliphatic rings. The predicted molar refractivity (Wildman–Crippen MR) is 67.3 cm³/mol. The van der Waals surface area contributed by atoms with E-state index in [1.165, 1.54) is 0 Å². The van der Waals surface area contributed by atoms with Crippen molar-refractivity contribution in [3.63, 3.8) is 0 Å². The van der Waals surface area contributed by atoms with E-state index in [0.29, 0.717) is 0 Å². The number of aliphatic hydroxyl groups is 1. The molecule has 0 saturated heterocycles. The number of benzene rings is 1. The summed E-state index contributed by atoms with van der Waals surface area (Å²) in [4.78, 5) is 4.28. The third-order valence-electron chi connectivity index (χ3n) is 2.48. The van der Waals surface area contributed by atoms with Crippen molar-refractivity contribution in [1.29, 1.82) is 0 Å². The van der Waals surface area contributed by atoms with E-state index in [4.69, 9.17) is 0 Å². The minimum Gasteiger partial charge on any atom is -0.395 e. The third kappa shape index (κ3) is 2.49. The van der Waals surface area contributed by atoms with Gasteiger partial charge in [-0.3, -0.25) is 4.98 Å². The Kier molecular flexibility index (Phi) is 3.70. The molecule has 1 unspecified atom stereocenters. The highest BCUT2D eigenvalue weighted by atomic mass is 79.9. The molecule has 2 rings (SSSR count). The Morgan fingerprint density at radius 1 is 1.19 bits per heavy atom. The molecule has 0 aliphatic carbocycles. The molecule has 0 saturated carbocycles. The maximum Gasteiger partial charge on any atom is 0.0555 e. The van der Waals surface area contributed by atoms with Crippen LogP contribution in [0.3, 0.4) is 0 Å². The van der Waals surface area contributed by atoms with E-state index in [9.17, 15) is 5.11 Å². The van der Waals surface area contributed by atoms with Crippen molar-refractivity contribution in [3.05, 3.63) is 64.4 Å². The second-order valence-corrected chi connectivity index (χ2v) is 4.46. The number of rotatable bonds is 3. The van der Waals surface area contributed by atoms with Crippen LogP contribution in [0, 0.1) is 0 Å². The van der Waals surface area contributed by atoms with Gasteiger partial charge in [-0.05, 0) is 29.8 Å². The Morgan fingerprint density at radius 2 is 2.06 bits per heavy atom. The minimum absolute atomic E-state index is 0.0568. The van der Waals surface area contributed by atoms with Crippen LogP contribution >= 0.6 is 15.9 Å². The molecule has 0 radical (unpaired) electrons. The van der Waals surface area contributed by atoms with Gasteiger partial charge < -0.3 is 5.11 Å². The second-order valence-electron chi connectivity index (χ2n) is 3.54. The number of halogens is 1. The fraction of sp³-hybridized carbons (Fsp3) is 0.154.